The van der Waals surface area contributed by atoms with E-state index in [2.05, 4.69) is 16.4 Å². The molecule has 3 rings (SSSR count). The molecule has 0 spiro atoms. The van der Waals surface area contributed by atoms with Crippen LogP contribution in [0, 0.1) is 0 Å². The van der Waals surface area contributed by atoms with Crippen LogP contribution in [0.1, 0.15) is 16.5 Å². The van der Waals surface area contributed by atoms with Crippen molar-refractivity contribution in [1.29, 1.82) is 0 Å². The van der Waals surface area contributed by atoms with Crippen LogP contribution in [0.25, 0.3) is 10.2 Å². The summed E-state index contributed by atoms with van der Waals surface area (Å²) in [5.74, 6) is 1.94. The second-order valence-corrected chi connectivity index (χ2v) is 5.27. The Morgan fingerprint density at radius 2 is 2.00 bits per heavy atom. The van der Waals surface area contributed by atoms with Crippen LogP contribution in [0.5, 0.6) is 0 Å². The number of hydrogen-bond donors (Lipinski definition) is 1. The number of hydrogen-bond acceptors (Lipinski definition) is 4. The number of para-hydroxylation sites is 1. The normalized spacial score (nSPS) is 11.2. The largest absolute Gasteiger partial charge is 0.464 e. The number of thiazole rings is 1. The van der Waals surface area contributed by atoms with E-state index in [0.717, 1.165) is 35.0 Å². The number of nitrogens with zero attached hydrogens (tertiary/aromatic N) is 1. The van der Waals surface area contributed by atoms with E-state index in [1.807, 2.05) is 37.4 Å². The summed E-state index contributed by atoms with van der Waals surface area (Å²) in [6.45, 7) is 0.764. The van der Waals surface area contributed by atoms with Crippen LogP contribution in [-0.2, 0) is 13.0 Å². The zero-order valence-electron chi connectivity index (χ0n) is 10.1. The van der Waals surface area contributed by atoms with Gasteiger partial charge in [-0.1, -0.05) is 12.1 Å². The average Bonchev–Trinajstić information content (AvgIpc) is 2.96. The molecular formula is C14H14N2OS. The summed E-state index contributed by atoms with van der Waals surface area (Å²) in [5.41, 5.74) is 1.07. The van der Waals surface area contributed by atoms with E-state index in [0.29, 0.717) is 0 Å². The molecule has 0 saturated carbocycles. The van der Waals surface area contributed by atoms with Crippen LogP contribution in [0.4, 0.5) is 0 Å². The summed E-state index contributed by atoms with van der Waals surface area (Å²) < 4.78 is 6.96. The minimum Gasteiger partial charge on any atom is -0.464 e. The van der Waals surface area contributed by atoms with Gasteiger partial charge >= 0.3 is 0 Å². The van der Waals surface area contributed by atoms with Crippen LogP contribution in [0.2, 0.25) is 0 Å². The van der Waals surface area contributed by atoms with E-state index in [4.69, 9.17) is 4.42 Å². The Morgan fingerprint density at radius 1 is 1.17 bits per heavy atom. The van der Waals surface area contributed by atoms with Crippen LogP contribution in [0.3, 0.4) is 0 Å². The van der Waals surface area contributed by atoms with Crippen LogP contribution in [-0.4, -0.2) is 12.0 Å². The molecule has 0 aliphatic rings. The molecule has 0 radical (unpaired) electrons. The van der Waals surface area contributed by atoms with Crippen molar-refractivity contribution < 1.29 is 4.42 Å². The maximum absolute atomic E-state index is 5.73. The quantitative estimate of drug-likeness (QED) is 0.781. The smallest absolute Gasteiger partial charge is 0.117 e. The lowest BCUT2D eigenvalue weighted by molar-refractivity contribution is 0.462. The summed E-state index contributed by atoms with van der Waals surface area (Å²) >= 11 is 1.73. The van der Waals surface area contributed by atoms with Gasteiger partial charge in [-0.05, 0) is 31.3 Å². The van der Waals surface area contributed by atoms with Crippen molar-refractivity contribution in [3.05, 3.63) is 52.9 Å². The highest BCUT2D eigenvalue weighted by Crippen LogP contribution is 2.24. The van der Waals surface area contributed by atoms with Gasteiger partial charge in [-0.25, -0.2) is 4.98 Å². The molecule has 0 unspecified atom stereocenters. The fourth-order valence-corrected chi connectivity index (χ4v) is 2.91. The van der Waals surface area contributed by atoms with Gasteiger partial charge < -0.3 is 9.73 Å². The number of aromatic nitrogens is 1. The summed E-state index contributed by atoms with van der Waals surface area (Å²) in [5, 5.41) is 4.17. The van der Waals surface area contributed by atoms with Crippen LogP contribution >= 0.6 is 11.3 Å². The van der Waals surface area contributed by atoms with Crippen LogP contribution in [0.15, 0.2) is 40.8 Å². The number of benzene rings is 1. The molecule has 4 heteroatoms. The predicted octanol–water partition coefficient (Wildman–Crippen LogP) is 3.20. The molecular weight excluding hydrogens is 244 g/mol. The zero-order valence-corrected chi connectivity index (χ0v) is 11.0. The number of fused-ring (bicyclic) bond motifs is 1. The first-order valence-corrected chi connectivity index (χ1v) is 6.73. The maximum atomic E-state index is 5.73. The van der Waals surface area contributed by atoms with Gasteiger partial charge in [0.2, 0.25) is 0 Å². The molecule has 2 aromatic heterocycles. The molecule has 1 aromatic carbocycles. The molecule has 0 saturated heterocycles. The molecule has 0 aliphatic heterocycles. The number of rotatable bonds is 4. The van der Waals surface area contributed by atoms with E-state index in [9.17, 15) is 0 Å². The van der Waals surface area contributed by atoms with Gasteiger partial charge in [0.05, 0.1) is 23.2 Å². The Balaban J connectivity index is 1.82. The summed E-state index contributed by atoms with van der Waals surface area (Å²) in [6, 6.07) is 12.2. The van der Waals surface area contributed by atoms with Crippen molar-refractivity contribution in [3.8, 4) is 0 Å². The molecule has 3 aromatic rings. The Hall–Kier alpha value is -1.65. The number of nitrogens with one attached hydrogen (secondary N) is 1. The molecule has 18 heavy (non-hydrogen) atoms. The van der Waals surface area contributed by atoms with Crippen molar-refractivity contribution in [2.75, 3.05) is 7.05 Å². The second kappa shape index (κ2) is 4.92. The molecule has 0 atom stereocenters. The van der Waals surface area contributed by atoms with Gasteiger partial charge in [0.1, 0.15) is 16.5 Å². The van der Waals surface area contributed by atoms with Crippen molar-refractivity contribution >= 4 is 21.6 Å². The summed E-state index contributed by atoms with van der Waals surface area (Å²) in [4.78, 5) is 4.61. The van der Waals surface area contributed by atoms with Crippen LogP contribution < -0.4 is 5.32 Å². The Morgan fingerprint density at radius 3 is 2.83 bits per heavy atom. The third-order valence-electron chi connectivity index (χ3n) is 2.73. The molecule has 0 bridgehead atoms. The minimum absolute atomic E-state index is 0.764. The first-order valence-electron chi connectivity index (χ1n) is 5.92. The van der Waals surface area contributed by atoms with E-state index >= 15 is 0 Å². The highest BCUT2D eigenvalue weighted by Gasteiger charge is 2.07. The SMILES string of the molecule is CNCc1ccc(Cc2nc3ccccc3s2)o1. The van der Waals surface area contributed by atoms with E-state index in [1.54, 1.807) is 11.3 Å². The zero-order chi connectivity index (χ0) is 12.4. The second-order valence-electron chi connectivity index (χ2n) is 4.15. The van der Waals surface area contributed by atoms with Crippen molar-refractivity contribution in [1.82, 2.24) is 10.3 Å². The maximum Gasteiger partial charge on any atom is 0.117 e. The van der Waals surface area contributed by atoms with Crippen molar-refractivity contribution in [2.24, 2.45) is 0 Å². The summed E-state index contributed by atoms with van der Waals surface area (Å²) in [7, 11) is 1.91. The highest BCUT2D eigenvalue weighted by molar-refractivity contribution is 7.18. The topological polar surface area (TPSA) is 38.1 Å². The van der Waals surface area contributed by atoms with Gasteiger partial charge in [0.25, 0.3) is 0 Å². The third-order valence-corrected chi connectivity index (χ3v) is 3.77. The van der Waals surface area contributed by atoms with E-state index in [1.165, 1.54) is 4.70 Å². The van der Waals surface area contributed by atoms with E-state index < -0.39 is 0 Å². The molecule has 3 nitrogen and oxygen atoms in total. The summed E-state index contributed by atoms with van der Waals surface area (Å²) in [6.07, 6.45) is 0.767. The predicted molar refractivity (Wildman–Crippen MR) is 73.9 cm³/mol. The Kier molecular flexibility index (Phi) is 3.13. The highest BCUT2D eigenvalue weighted by atomic mass is 32.1. The Labute approximate surface area is 109 Å². The third kappa shape index (κ3) is 2.30. The van der Waals surface area contributed by atoms with Gasteiger partial charge in [0.15, 0.2) is 0 Å². The molecule has 0 fully saturated rings. The lowest BCUT2D eigenvalue weighted by atomic mass is 10.3. The minimum atomic E-state index is 0.764. The molecule has 0 aliphatic carbocycles. The molecule has 2 heterocycles. The van der Waals surface area contributed by atoms with Gasteiger partial charge in [0, 0.05) is 0 Å². The molecule has 0 amide bonds. The van der Waals surface area contributed by atoms with Gasteiger partial charge in [-0.15, -0.1) is 11.3 Å². The lowest BCUT2D eigenvalue weighted by Crippen LogP contribution is -2.03. The standard InChI is InChI=1S/C14H14N2OS/c1-15-9-11-7-6-10(17-11)8-14-16-12-4-2-3-5-13(12)18-14/h2-7,15H,8-9H2,1H3. The van der Waals surface area contributed by atoms with Crippen molar-refractivity contribution in [2.45, 2.75) is 13.0 Å². The fraction of sp³-hybridized carbons (Fsp3) is 0.214. The average molecular weight is 258 g/mol. The van der Waals surface area contributed by atoms with Gasteiger partial charge in [-0.3, -0.25) is 0 Å². The Bertz CT molecular complexity index is 623. The number of furan rings is 1. The van der Waals surface area contributed by atoms with E-state index in [-0.39, 0.29) is 0 Å². The van der Waals surface area contributed by atoms with Crippen molar-refractivity contribution in [3.63, 3.8) is 0 Å². The first-order chi connectivity index (χ1) is 8.85. The lowest BCUT2D eigenvalue weighted by Gasteiger charge is -1.94. The monoisotopic (exact) mass is 258 g/mol. The first kappa shape index (κ1) is 11.4. The molecule has 1 N–H and O–H groups in total. The molecule has 92 valence electrons. The fourth-order valence-electron chi connectivity index (χ4n) is 1.93. The van der Waals surface area contributed by atoms with Gasteiger partial charge in [-0.2, -0.15) is 0 Å².